The van der Waals surface area contributed by atoms with Crippen molar-refractivity contribution < 1.29 is 50.2 Å². The number of amides is 1. The molecule has 1 amide bonds. The van der Waals surface area contributed by atoms with Crippen LogP contribution in [0.15, 0.2) is 36.4 Å². The van der Waals surface area contributed by atoms with Crippen LogP contribution in [0.5, 0.6) is 0 Å². The summed E-state index contributed by atoms with van der Waals surface area (Å²) in [5, 5.41) is 0. The van der Waals surface area contributed by atoms with E-state index in [4.69, 9.17) is 0 Å². The molecule has 0 fully saturated rings. The molecule has 0 heterocycles. The van der Waals surface area contributed by atoms with E-state index < -0.39 is 46.9 Å². The molecule has 0 atom stereocenters. The molecule has 0 aliphatic heterocycles. The fourth-order valence-electron chi connectivity index (χ4n) is 2.67. The highest BCUT2D eigenvalue weighted by Crippen LogP contribution is 2.36. The van der Waals surface area contributed by atoms with Gasteiger partial charge >= 0.3 is 24.3 Å². The van der Waals surface area contributed by atoms with E-state index in [1.807, 2.05) is 0 Å². The van der Waals surface area contributed by atoms with Crippen LogP contribution in [-0.4, -0.2) is 39.1 Å². The molecule has 0 bridgehead atoms. The number of hydrogen-bond donors (Lipinski definition) is 0. The minimum atomic E-state index is -5.14. The summed E-state index contributed by atoms with van der Waals surface area (Å²) in [6, 6.07) is 3.69. The van der Waals surface area contributed by atoms with Crippen molar-refractivity contribution in [2.75, 3.05) is 26.2 Å². The fourth-order valence-corrected chi connectivity index (χ4v) is 2.67. The van der Waals surface area contributed by atoms with Crippen LogP contribution in [0.25, 0.3) is 0 Å². The molecule has 172 valence electrons. The number of halogens is 6. The summed E-state index contributed by atoms with van der Waals surface area (Å²) in [7, 11) is 3.14. The first-order valence-corrected chi connectivity index (χ1v) is 8.58. The number of ether oxygens (including phenoxy) is 2. The number of nitrogens with zero attached hydrogens (tertiary/aromatic N) is 1. The first-order valence-electron chi connectivity index (χ1n) is 8.58. The second-order valence-electron chi connectivity index (χ2n) is 6.41. The van der Waals surface area contributed by atoms with Gasteiger partial charge in [-0.05, 0) is 36.4 Å². The summed E-state index contributed by atoms with van der Waals surface area (Å²) in [6.07, 6.45) is -10.3. The molecule has 0 spiro atoms. The first-order chi connectivity index (χ1) is 14.7. The molecule has 0 aromatic heterocycles. The number of anilines is 1. The van der Waals surface area contributed by atoms with E-state index >= 15 is 0 Å². The molecule has 12 heteroatoms. The van der Waals surface area contributed by atoms with Gasteiger partial charge in [0, 0.05) is 18.3 Å². The van der Waals surface area contributed by atoms with Crippen molar-refractivity contribution in [2.45, 2.75) is 12.4 Å². The Labute approximate surface area is 177 Å². The Hall–Kier alpha value is -3.57. The average Bonchev–Trinajstić information content (AvgIpc) is 2.74. The van der Waals surface area contributed by atoms with Crippen molar-refractivity contribution in [3.05, 3.63) is 64.2 Å². The Bertz CT molecular complexity index is 995. The Morgan fingerprint density at radius 2 is 1.09 bits per heavy atom. The summed E-state index contributed by atoms with van der Waals surface area (Å²) in [5.41, 5.74) is -4.82. The van der Waals surface area contributed by atoms with Gasteiger partial charge in [0.1, 0.15) is 0 Å². The quantitative estimate of drug-likeness (QED) is 0.491. The number of carbonyl (C=O) groups is 3. The third kappa shape index (κ3) is 5.37. The van der Waals surface area contributed by atoms with Gasteiger partial charge in [0.05, 0.1) is 36.5 Å². The van der Waals surface area contributed by atoms with E-state index in [-0.39, 0.29) is 35.0 Å². The van der Waals surface area contributed by atoms with E-state index in [9.17, 15) is 40.7 Å². The van der Waals surface area contributed by atoms with E-state index in [1.165, 1.54) is 0 Å². The number of alkyl halides is 6. The van der Waals surface area contributed by atoms with E-state index in [0.717, 1.165) is 39.5 Å². The molecular formula is C20H15F6NO5. The number of benzene rings is 2. The maximum Gasteiger partial charge on any atom is 0.416 e. The van der Waals surface area contributed by atoms with Crippen LogP contribution in [0.3, 0.4) is 0 Å². The largest absolute Gasteiger partial charge is 0.465 e. The van der Waals surface area contributed by atoms with Crippen molar-refractivity contribution >= 4 is 23.5 Å². The van der Waals surface area contributed by atoms with Crippen LogP contribution in [0.1, 0.15) is 42.2 Å². The Balaban J connectivity index is 2.61. The monoisotopic (exact) mass is 463 g/mol. The van der Waals surface area contributed by atoms with Gasteiger partial charge in [0.25, 0.3) is 5.91 Å². The number of rotatable bonds is 4. The molecule has 0 saturated carbocycles. The highest BCUT2D eigenvalue weighted by molar-refractivity contribution is 6.07. The SMILES string of the molecule is COC(=O)c1cc(C(=O)OC)cc(N(C)C(=O)c2cc(C(F)(F)F)cc(C(F)(F)F)c2)c1. The second kappa shape index (κ2) is 8.89. The highest BCUT2D eigenvalue weighted by atomic mass is 19.4. The van der Waals surface area contributed by atoms with Gasteiger partial charge in [-0.15, -0.1) is 0 Å². The number of methoxy groups -OCH3 is 2. The lowest BCUT2D eigenvalue weighted by molar-refractivity contribution is -0.143. The molecule has 2 aromatic carbocycles. The summed E-state index contributed by atoms with van der Waals surface area (Å²) in [5.74, 6) is -3.06. The number of carbonyl (C=O) groups excluding carboxylic acids is 3. The minimum Gasteiger partial charge on any atom is -0.465 e. The fraction of sp³-hybridized carbons (Fsp3) is 0.250. The maximum absolute atomic E-state index is 13.1. The van der Waals surface area contributed by atoms with E-state index in [2.05, 4.69) is 9.47 Å². The van der Waals surface area contributed by atoms with Crippen LogP contribution in [0, 0.1) is 0 Å². The zero-order chi connectivity index (χ0) is 24.4. The van der Waals surface area contributed by atoms with Crippen molar-refractivity contribution in [3.8, 4) is 0 Å². The number of esters is 2. The molecule has 0 aliphatic carbocycles. The van der Waals surface area contributed by atoms with Crippen molar-refractivity contribution in [1.29, 1.82) is 0 Å². The van der Waals surface area contributed by atoms with Crippen LogP contribution in [-0.2, 0) is 21.8 Å². The smallest absolute Gasteiger partial charge is 0.416 e. The molecular weight excluding hydrogens is 448 g/mol. The first kappa shape index (κ1) is 24.7. The normalized spacial score (nSPS) is 11.7. The van der Waals surface area contributed by atoms with Gasteiger partial charge < -0.3 is 14.4 Å². The van der Waals surface area contributed by atoms with Crippen LogP contribution in [0.2, 0.25) is 0 Å². The molecule has 0 aliphatic rings. The molecule has 0 radical (unpaired) electrons. The van der Waals surface area contributed by atoms with Crippen LogP contribution >= 0.6 is 0 Å². The van der Waals surface area contributed by atoms with Gasteiger partial charge in [0.2, 0.25) is 0 Å². The third-order valence-corrected chi connectivity index (χ3v) is 4.29. The Morgan fingerprint density at radius 3 is 1.44 bits per heavy atom. The van der Waals surface area contributed by atoms with Crippen molar-refractivity contribution in [3.63, 3.8) is 0 Å². The lowest BCUT2D eigenvalue weighted by Gasteiger charge is -2.21. The molecule has 2 rings (SSSR count). The zero-order valence-electron chi connectivity index (χ0n) is 16.7. The van der Waals surface area contributed by atoms with Crippen LogP contribution < -0.4 is 4.90 Å². The third-order valence-electron chi connectivity index (χ3n) is 4.29. The van der Waals surface area contributed by atoms with Crippen molar-refractivity contribution in [2.24, 2.45) is 0 Å². The molecule has 0 N–H and O–H groups in total. The Kier molecular flexibility index (Phi) is 6.86. The summed E-state index contributed by atoms with van der Waals surface area (Å²) >= 11 is 0. The van der Waals surface area contributed by atoms with Gasteiger partial charge in [-0.2, -0.15) is 26.3 Å². The summed E-state index contributed by atoms with van der Waals surface area (Å²) in [4.78, 5) is 37.2. The maximum atomic E-state index is 13.1. The molecule has 0 saturated heterocycles. The van der Waals surface area contributed by atoms with Gasteiger partial charge in [0.15, 0.2) is 0 Å². The molecule has 2 aromatic rings. The minimum absolute atomic E-state index is 0.107. The predicted octanol–water partition coefficient (Wildman–Crippen LogP) is 4.57. The Morgan fingerprint density at radius 1 is 0.688 bits per heavy atom. The summed E-state index contributed by atoms with van der Waals surface area (Å²) < 4.78 is 87.6. The second-order valence-corrected chi connectivity index (χ2v) is 6.41. The molecule has 0 unspecified atom stereocenters. The summed E-state index contributed by atoms with van der Waals surface area (Å²) in [6.45, 7) is 0. The van der Waals surface area contributed by atoms with Gasteiger partial charge in [-0.25, -0.2) is 9.59 Å². The number of hydrogen-bond acceptors (Lipinski definition) is 5. The highest BCUT2D eigenvalue weighted by Gasteiger charge is 2.38. The van der Waals surface area contributed by atoms with Crippen molar-refractivity contribution in [1.82, 2.24) is 0 Å². The average molecular weight is 463 g/mol. The predicted molar refractivity (Wildman–Crippen MR) is 98.3 cm³/mol. The van der Waals surface area contributed by atoms with E-state index in [1.54, 1.807) is 0 Å². The lowest BCUT2D eigenvalue weighted by Crippen LogP contribution is -2.28. The van der Waals surface area contributed by atoms with E-state index in [0.29, 0.717) is 4.90 Å². The zero-order valence-corrected chi connectivity index (χ0v) is 16.7. The standard InChI is InChI=1S/C20H15F6NO5/c1-27(15-7-11(17(29)31-2)4-12(8-15)18(30)32-3)16(28)10-5-13(19(21,22)23)9-14(6-10)20(24,25)26/h4-9H,1-3H3. The molecule has 6 nitrogen and oxygen atoms in total. The topological polar surface area (TPSA) is 72.9 Å². The lowest BCUT2D eigenvalue weighted by atomic mass is 10.0. The van der Waals surface area contributed by atoms with Gasteiger partial charge in [-0.1, -0.05) is 0 Å². The van der Waals surface area contributed by atoms with Gasteiger partial charge in [-0.3, -0.25) is 4.79 Å². The van der Waals surface area contributed by atoms with Crippen LogP contribution in [0.4, 0.5) is 32.0 Å². The molecule has 32 heavy (non-hydrogen) atoms.